The summed E-state index contributed by atoms with van der Waals surface area (Å²) < 4.78 is 41.3. The highest BCUT2D eigenvalue weighted by Gasteiger charge is 2.30. The first-order chi connectivity index (χ1) is 18.2. The second kappa shape index (κ2) is 10.3. The standard InChI is InChI=1S/C28H28F3N7/c1-17(21-9-6-10-21)33-25-24-26(36-23(15-32)35-25)37-27(34-18(2)20-7-4-3-5-8-20)38(24)16-19-11-13-22(14-12-19)28(29,30)31/h3-5,7-8,11-14,17-18,21H,6,9-10,16H2,1-2H3,(H2,33,34,35,36,37)/t17-,18+/m1/s1. The van der Waals surface area contributed by atoms with E-state index >= 15 is 0 Å². The summed E-state index contributed by atoms with van der Waals surface area (Å²) in [6.45, 7) is 4.33. The van der Waals surface area contributed by atoms with E-state index in [9.17, 15) is 18.4 Å². The second-order valence-electron chi connectivity index (χ2n) is 9.80. The molecule has 2 N–H and O–H groups in total. The van der Waals surface area contributed by atoms with Crippen LogP contribution in [0.3, 0.4) is 0 Å². The van der Waals surface area contributed by atoms with Gasteiger partial charge in [-0.1, -0.05) is 48.9 Å². The van der Waals surface area contributed by atoms with Crippen molar-refractivity contribution in [2.45, 2.75) is 57.9 Å². The molecule has 38 heavy (non-hydrogen) atoms. The number of alkyl halides is 3. The van der Waals surface area contributed by atoms with Crippen LogP contribution in [0, 0.1) is 17.2 Å². The van der Waals surface area contributed by atoms with Crippen LogP contribution in [-0.4, -0.2) is 25.6 Å². The minimum absolute atomic E-state index is 0.00245. The van der Waals surface area contributed by atoms with E-state index < -0.39 is 11.7 Å². The predicted molar refractivity (Wildman–Crippen MR) is 139 cm³/mol. The zero-order chi connectivity index (χ0) is 26.9. The molecule has 0 radical (unpaired) electrons. The minimum atomic E-state index is -4.41. The Morgan fingerprint density at radius 2 is 1.71 bits per heavy atom. The van der Waals surface area contributed by atoms with Crippen molar-refractivity contribution in [1.29, 1.82) is 5.26 Å². The van der Waals surface area contributed by atoms with E-state index in [-0.39, 0.29) is 24.5 Å². The summed E-state index contributed by atoms with van der Waals surface area (Å²) in [6.07, 6.45) is -0.968. The van der Waals surface area contributed by atoms with Gasteiger partial charge in [0.15, 0.2) is 11.5 Å². The zero-order valence-electron chi connectivity index (χ0n) is 21.1. The van der Waals surface area contributed by atoms with Gasteiger partial charge in [-0.2, -0.15) is 33.4 Å². The van der Waals surface area contributed by atoms with E-state index in [0.717, 1.165) is 30.5 Å². The number of fused-ring (bicyclic) bond motifs is 1. The Bertz CT molecular complexity index is 1450. The minimum Gasteiger partial charge on any atom is -0.365 e. The molecule has 0 spiro atoms. The van der Waals surface area contributed by atoms with E-state index in [1.54, 1.807) is 0 Å². The van der Waals surface area contributed by atoms with Crippen LogP contribution in [0.4, 0.5) is 24.9 Å². The molecule has 196 valence electrons. The monoisotopic (exact) mass is 519 g/mol. The molecule has 1 aliphatic rings. The van der Waals surface area contributed by atoms with Crippen molar-refractivity contribution in [3.05, 3.63) is 77.1 Å². The predicted octanol–water partition coefficient (Wildman–Crippen LogP) is 6.54. The quantitative estimate of drug-likeness (QED) is 0.275. The molecule has 0 bridgehead atoms. The number of nitrogens with zero attached hydrogens (tertiary/aromatic N) is 5. The van der Waals surface area contributed by atoms with Crippen LogP contribution in [0.2, 0.25) is 0 Å². The van der Waals surface area contributed by atoms with E-state index in [1.165, 1.54) is 18.6 Å². The van der Waals surface area contributed by atoms with Gasteiger partial charge in [-0.3, -0.25) is 0 Å². The normalized spacial score (nSPS) is 15.5. The molecule has 7 nitrogen and oxygen atoms in total. The molecule has 0 saturated heterocycles. The average molecular weight is 520 g/mol. The molecule has 1 saturated carbocycles. The van der Waals surface area contributed by atoms with Crippen LogP contribution in [0.1, 0.15) is 61.7 Å². The molecular formula is C28H28F3N7. The first-order valence-corrected chi connectivity index (χ1v) is 12.7. The Morgan fingerprint density at radius 1 is 1.00 bits per heavy atom. The molecule has 1 fully saturated rings. The van der Waals surface area contributed by atoms with Crippen LogP contribution in [-0.2, 0) is 12.7 Å². The molecule has 0 aliphatic heterocycles. The highest BCUT2D eigenvalue weighted by atomic mass is 19.4. The Morgan fingerprint density at radius 3 is 2.32 bits per heavy atom. The molecule has 5 rings (SSSR count). The Kier molecular flexibility index (Phi) is 6.93. The molecule has 0 unspecified atom stereocenters. The first-order valence-electron chi connectivity index (χ1n) is 12.7. The lowest BCUT2D eigenvalue weighted by atomic mass is 9.80. The summed E-state index contributed by atoms with van der Waals surface area (Å²) >= 11 is 0. The van der Waals surface area contributed by atoms with Gasteiger partial charge in [0.05, 0.1) is 18.2 Å². The molecule has 4 aromatic rings. The molecule has 10 heteroatoms. The molecule has 1 aliphatic carbocycles. The number of benzene rings is 2. The number of hydrogen-bond donors (Lipinski definition) is 2. The summed E-state index contributed by atoms with van der Waals surface area (Å²) in [6, 6.07) is 17.0. The zero-order valence-corrected chi connectivity index (χ0v) is 21.1. The van der Waals surface area contributed by atoms with E-state index in [2.05, 4.69) is 27.5 Å². The van der Waals surface area contributed by atoms with Crippen molar-refractivity contribution in [2.24, 2.45) is 5.92 Å². The SMILES string of the molecule is C[C@H](Nc1nc2nc(C#N)nc(N[C@H](C)C3CCC3)c2n1Cc1ccc(C(F)(F)F)cc1)c1ccccc1. The lowest BCUT2D eigenvalue weighted by Gasteiger charge is -2.32. The smallest absolute Gasteiger partial charge is 0.365 e. The summed E-state index contributed by atoms with van der Waals surface area (Å²) in [4.78, 5) is 13.6. The van der Waals surface area contributed by atoms with Crippen molar-refractivity contribution >= 4 is 22.9 Å². The fourth-order valence-corrected chi connectivity index (χ4v) is 4.72. The fourth-order valence-electron chi connectivity index (χ4n) is 4.72. The van der Waals surface area contributed by atoms with E-state index in [4.69, 9.17) is 4.98 Å². The number of halogens is 3. The molecule has 0 amide bonds. The Labute approximate surface area is 218 Å². The summed E-state index contributed by atoms with van der Waals surface area (Å²) in [5.41, 5.74) is 1.94. The van der Waals surface area contributed by atoms with Crippen molar-refractivity contribution in [2.75, 3.05) is 10.6 Å². The Hall–Kier alpha value is -4.13. The summed E-state index contributed by atoms with van der Waals surface area (Å²) in [5.74, 6) is 1.49. The second-order valence-corrected chi connectivity index (χ2v) is 9.80. The molecule has 2 aromatic heterocycles. The highest BCUT2D eigenvalue weighted by Crippen LogP contribution is 2.34. The van der Waals surface area contributed by atoms with Gasteiger partial charge < -0.3 is 15.2 Å². The molecule has 2 aromatic carbocycles. The third-order valence-corrected chi connectivity index (χ3v) is 7.19. The fraction of sp³-hybridized carbons (Fsp3) is 0.357. The first kappa shape index (κ1) is 25.5. The lowest BCUT2D eigenvalue weighted by Crippen LogP contribution is -2.31. The molecule has 2 heterocycles. The number of anilines is 2. The van der Waals surface area contributed by atoms with Gasteiger partial charge >= 0.3 is 6.18 Å². The van der Waals surface area contributed by atoms with Crippen LogP contribution in [0.5, 0.6) is 0 Å². The number of nitrogens with one attached hydrogen (secondary N) is 2. The van der Waals surface area contributed by atoms with Crippen molar-refractivity contribution in [3.63, 3.8) is 0 Å². The van der Waals surface area contributed by atoms with Gasteiger partial charge in [-0.05, 0) is 55.9 Å². The van der Waals surface area contributed by atoms with Crippen LogP contribution in [0.25, 0.3) is 11.2 Å². The number of nitriles is 1. The number of rotatable bonds is 8. The average Bonchev–Trinajstić information content (AvgIpc) is 3.19. The largest absolute Gasteiger partial charge is 0.416 e. The van der Waals surface area contributed by atoms with E-state index in [0.29, 0.717) is 34.4 Å². The van der Waals surface area contributed by atoms with Gasteiger partial charge in [0.1, 0.15) is 11.6 Å². The molecule has 2 atom stereocenters. The van der Waals surface area contributed by atoms with Gasteiger partial charge in [0.25, 0.3) is 0 Å². The van der Waals surface area contributed by atoms with Gasteiger partial charge in [-0.25, -0.2) is 0 Å². The number of hydrogen-bond acceptors (Lipinski definition) is 6. The summed E-state index contributed by atoms with van der Waals surface area (Å²) in [5, 5.41) is 16.5. The maximum Gasteiger partial charge on any atom is 0.416 e. The summed E-state index contributed by atoms with van der Waals surface area (Å²) in [7, 11) is 0. The third-order valence-electron chi connectivity index (χ3n) is 7.19. The van der Waals surface area contributed by atoms with Crippen LogP contribution in [0.15, 0.2) is 54.6 Å². The maximum atomic E-state index is 13.1. The van der Waals surface area contributed by atoms with Crippen molar-refractivity contribution < 1.29 is 13.2 Å². The number of imidazole rings is 1. The highest BCUT2D eigenvalue weighted by molar-refractivity contribution is 5.86. The van der Waals surface area contributed by atoms with Crippen molar-refractivity contribution in [3.8, 4) is 6.07 Å². The lowest BCUT2D eigenvalue weighted by molar-refractivity contribution is -0.137. The van der Waals surface area contributed by atoms with Crippen LogP contribution >= 0.6 is 0 Å². The topological polar surface area (TPSA) is 91.5 Å². The third kappa shape index (κ3) is 5.28. The van der Waals surface area contributed by atoms with Gasteiger partial charge in [-0.15, -0.1) is 0 Å². The Balaban J connectivity index is 1.59. The van der Waals surface area contributed by atoms with Gasteiger partial charge in [0.2, 0.25) is 11.8 Å². The molecular weight excluding hydrogens is 491 g/mol. The van der Waals surface area contributed by atoms with Crippen LogP contribution < -0.4 is 10.6 Å². The van der Waals surface area contributed by atoms with E-state index in [1.807, 2.05) is 47.9 Å². The maximum absolute atomic E-state index is 13.1. The number of aromatic nitrogens is 4. The van der Waals surface area contributed by atoms with Gasteiger partial charge in [0, 0.05) is 6.04 Å². The van der Waals surface area contributed by atoms with Crippen molar-refractivity contribution in [1.82, 2.24) is 19.5 Å².